The quantitative estimate of drug-likeness (QED) is 0.194. The van der Waals surface area contributed by atoms with E-state index in [0.29, 0.717) is 0 Å². The van der Waals surface area contributed by atoms with E-state index in [1.54, 1.807) is 0 Å². The van der Waals surface area contributed by atoms with Crippen LogP contribution in [0.15, 0.2) is 170 Å². The fraction of sp³-hybridized carbons (Fsp3) is 0. The lowest BCUT2D eigenvalue weighted by molar-refractivity contribution is 1.17. The Morgan fingerprint density at radius 1 is 0.364 bits per heavy atom. The van der Waals surface area contributed by atoms with Gasteiger partial charge in [-0.1, -0.05) is 127 Å². The lowest BCUT2D eigenvalue weighted by Gasteiger charge is -2.29. The van der Waals surface area contributed by atoms with E-state index in [1.807, 2.05) is 0 Å². The van der Waals surface area contributed by atoms with Crippen molar-refractivity contribution in [3.05, 3.63) is 170 Å². The molecule has 0 spiro atoms. The lowest BCUT2D eigenvalue weighted by Crippen LogP contribution is -2.12. The van der Waals surface area contributed by atoms with Gasteiger partial charge >= 0.3 is 0 Å². The summed E-state index contributed by atoms with van der Waals surface area (Å²) in [6.07, 6.45) is 0. The maximum absolute atomic E-state index is 2.46. The number of aromatic nitrogens is 1. The van der Waals surface area contributed by atoms with Crippen molar-refractivity contribution in [2.45, 2.75) is 0 Å². The Labute approximate surface area is 255 Å². The van der Waals surface area contributed by atoms with E-state index in [4.69, 9.17) is 0 Å². The third-order valence-electron chi connectivity index (χ3n) is 8.93. The highest BCUT2D eigenvalue weighted by molar-refractivity contribution is 6.22. The summed E-state index contributed by atoms with van der Waals surface area (Å²) < 4.78 is 2.43. The molecule has 0 atom stereocenters. The molecule has 2 heteroatoms. The SMILES string of the molecule is c1ccc(N(c2cc3c4ccccc4ccc3c3ccccc23)c2cccc3c4ccccc4n(-c4ccccc4)c23)cc1. The monoisotopic (exact) mass is 560 g/mol. The van der Waals surface area contributed by atoms with Gasteiger partial charge in [0, 0.05) is 27.5 Å². The number of benzene rings is 8. The molecule has 0 amide bonds. The fourth-order valence-electron chi connectivity index (χ4n) is 7.04. The molecule has 9 rings (SSSR count). The van der Waals surface area contributed by atoms with Crippen LogP contribution in [0.5, 0.6) is 0 Å². The highest BCUT2D eigenvalue weighted by Gasteiger charge is 2.23. The Hall–Kier alpha value is -5.86. The summed E-state index contributed by atoms with van der Waals surface area (Å²) in [7, 11) is 0. The molecule has 1 heterocycles. The standard InChI is InChI=1S/C42H28N2/c1-3-15-30(16-4-1)43(41-28-38-32-19-8-7-14-29(32)26-27-34(38)33-20-9-10-21-35(33)41)40-25-13-23-37-36-22-11-12-24-39(36)44(42(37)40)31-17-5-2-6-18-31/h1-28H. The van der Waals surface area contributed by atoms with Gasteiger partial charge in [0.2, 0.25) is 0 Å². The fourth-order valence-corrected chi connectivity index (χ4v) is 7.04. The molecule has 44 heavy (non-hydrogen) atoms. The van der Waals surface area contributed by atoms with Crippen LogP contribution in [-0.2, 0) is 0 Å². The minimum absolute atomic E-state index is 1.12. The van der Waals surface area contributed by atoms with Crippen LogP contribution in [-0.4, -0.2) is 4.57 Å². The highest BCUT2D eigenvalue weighted by atomic mass is 15.2. The predicted octanol–water partition coefficient (Wildman–Crippen LogP) is 11.7. The van der Waals surface area contributed by atoms with E-state index in [2.05, 4.69) is 179 Å². The average molecular weight is 561 g/mol. The predicted molar refractivity (Wildman–Crippen MR) is 188 cm³/mol. The first-order valence-electron chi connectivity index (χ1n) is 15.1. The summed E-state index contributed by atoms with van der Waals surface area (Å²) in [4.78, 5) is 2.46. The minimum Gasteiger partial charge on any atom is -0.308 e. The van der Waals surface area contributed by atoms with Gasteiger partial charge in [-0.3, -0.25) is 0 Å². The molecule has 9 aromatic rings. The number of anilines is 3. The molecule has 0 saturated carbocycles. The second-order valence-electron chi connectivity index (χ2n) is 11.4. The first-order valence-corrected chi connectivity index (χ1v) is 15.1. The van der Waals surface area contributed by atoms with Crippen molar-refractivity contribution >= 4 is 71.2 Å². The Kier molecular flexibility index (Phi) is 5.54. The molecule has 0 aliphatic rings. The van der Waals surface area contributed by atoms with Gasteiger partial charge in [-0.15, -0.1) is 0 Å². The third-order valence-corrected chi connectivity index (χ3v) is 8.93. The zero-order valence-corrected chi connectivity index (χ0v) is 24.1. The summed E-state index contributed by atoms with van der Waals surface area (Å²) in [5, 5.41) is 10.00. The zero-order chi connectivity index (χ0) is 29.0. The third kappa shape index (κ3) is 3.68. The molecular formula is C42H28N2. The maximum Gasteiger partial charge on any atom is 0.0782 e. The Bertz CT molecular complexity index is 2490. The van der Waals surface area contributed by atoms with Crippen molar-refractivity contribution < 1.29 is 0 Å². The van der Waals surface area contributed by atoms with Gasteiger partial charge in [-0.25, -0.2) is 0 Å². The number of para-hydroxylation sites is 4. The van der Waals surface area contributed by atoms with Crippen LogP contribution in [0.1, 0.15) is 0 Å². The second kappa shape index (κ2) is 9.86. The van der Waals surface area contributed by atoms with Crippen molar-refractivity contribution in [3.8, 4) is 5.69 Å². The van der Waals surface area contributed by atoms with Crippen LogP contribution < -0.4 is 4.90 Å². The summed E-state index contributed by atoms with van der Waals surface area (Å²) in [5.74, 6) is 0. The minimum atomic E-state index is 1.12. The normalized spacial score (nSPS) is 11.6. The van der Waals surface area contributed by atoms with E-state index >= 15 is 0 Å². The molecule has 0 fully saturated rings. The van der Waals surface area contributed by atoms with Crippen LogP contribution in [0.25, 0.3) is 59.8 Å². The largest absolute Gasteiger partial charge is 0.308 e. The zero-order valence-electron chi connectivity index (χ0n) is 24.1. The lowest BCUT2D eigenvalue weighted by atomic mass is 9.95. The molecule has 206 valence electrons. The van der Waals surface area contributed by atoms with Crippen molar-refractivity contribution in [3.63, 3.8) is 0 Å². The first-order chi connectivity index (χ1) is 21.9. The molecule has 0 bridgehead atoms. The number of fused-ring (bicyclic) bond motifs is 8. The molecule has 0 aliphatic heterocycles. The number of hydrogen-bond donors (Lipinski definition) is 0. The summed E-state index contributed by atoms with van der Waals surface area (Å²) in [5.41, 5.74) is 6.95. The Balaban J connectivity index is 1.46. The Morgan fingerprint density at radius 2 is 0.977 bits per heavy atom. The van der Waals surface area contributed by atoms with Gasteiger partial charge in [0.15, 0.2) is 0 Å². The summed E-state index contributed by atoms with van der Waals surface area (Å²) in [6.45, 7) is 0. The van der Waals surface area contributed by atoms with Crippen LogP contribution in [0.4, 0.5) is 17.1 Å². The van der Waals surface area contributed by atoms with Gasteiger partial charge in [0.1, 0.15) is 0 Å². The highest BCUT2D eigenvalue weighted by Crippen LogP contribution is 2.47. The van der Waals surface area contributed by atoms with Crippen molar-refractivity contribution in [1.29, 1.82) is 0 Å². The van der Waals surface area contributed by atoms with Gasteiger partial charge in [-0.05, 0) is 69.4 Å². The molecule has 2 nitrogen and oxygen atoms in total. The summed E-state index contributed by atoms with van der Waals surface area (Å²) >= 11 is 0. The molecule has 0 unspecified atom stereocenters. The second-order valence-corrected chi connectivity index (χ2v) is 11.4. The smallest absolute Gasteiger partial charge is 0.0782 e. The Morgan fingerprint density at radius 3 is 1.80 bits per heavy atom. The van der Waals surface area contributed by atoms with Gasteiger partial charge < -0.3 is 9.47 Å². The summed E-state index contributed by atoms with van der Waals surface area (Å²) in [6, 6.07) is 61.5. The van der Waals surface area contributed by atoms with E-state index in [9.17, 15) is 0 Å². The van der Waals surface area contributed by atoms with Crippen LogP contribution in [0.2, 0.25) is 0 Å². The number of rotatable bonds is 4. The first kappa shape index (κ1) is 24.7. The van der Waals surface area contributed by atoms with Crippen LogP contribution >= 0.6 is 0 Å². The van der Waals surface area contributed by atoms with E-state index in [1.165, 1.54) is 54.1 Å². The topological polar surface area (TPSA) is 8.17 Å². The molecule has 8 aromatic carbocycles. The molecule has 0 aliphatic carbocycles. The maximum atomic E-state index is 2.46. The molecular weight excluding hydrogens is 532 g/mol. The van der Waals surface area contributed by atoms with Crippen molar-refractivity contribution in [2.24, 2.45) is 0 Å². The molecule has 0 saturated heterocycles. The molecule has 1 aromatic heterocycles. The van der Waals surface area contributed by atoms with Crippen LogP contribution in [0, 0.1) is 0 Å². The van der Waals surface area contributed by atoms with Crippen molar-refractivity contribution in [2.75, 3.05) is 4.90 Å². The van der Waals surface area contributed by atoms with Gasteiger partial charge in [-0.2, -0.15) is 0 Å². The van der Waals surface area contributed by atoms with E-state index in [-0.39, 0.29) is 0 Å². The average Bonchev–Trinajstić information content (AvgIpc) is 3.44. The molecule has 0 N–H and O–H groups in total. The van der Waals surface area contributed by atoms with E-state index < -0.39 is 0 Å². The van der Waals surface area contributed by atoms with Crippen molar-refractivity contribution in [1.82, 2.24) is 4.57 Å². The van der Waals surface area contributed by atoms with Crippen LogP contribution in [0.3, 0.4) is 0 Å². The van der Waals surface area contributed by atoms with E-state index in [0.717, 1.165) is 22.7 Å². The molecule has 0 radical (unpaired) electrons. The van der Waals surface area contributed by atoms with Gasteiger partial charge in [0.05, 0.1) is 22.4 Å². The number of nitrogens with zero attached hydrogens (tertiary/aromatic N) is 2. The van der Waals surface area contributed by atoms with Gasteiger partial charge in [0.25, 0.3) is 0 Å². The number of hydrogen-bond acceptors (Lipinski definition) is 1.